The van der Waals surface area contributed by atoms with Crippen LogP contribution in [0.4, 0.5) is 0 Å². The van der Waals surface area contributed by atoms with Crippen LogP contribution in [-0.2, 0) is 12.8 Å². The first-order chi connectivity index (χ1) is 14.4. The van der Waals surface area contributed by atoms with Crippen molar-refractivity contribution in [3.63, 3.8) is 0 Å². The fourth-order valence-electron chi connectivity index (χ4n) is 3.78. The molecule has 1 aliphatic rings. The minimum atomic E-state index is -0.127. The van der Waals surface area contributed by atoms with Crippen molar-refractivity contribution < 1.29 is 14.7 Å². The van der Waals surface area contributed by atoms with Crippen LogP contribution in [0.25, 0.3) is 10.4 Å². The summed E-state index contributed by atoms with van der Waals surface area (Å²) in [7, 11) is 0. The lowest BCUT2D eigenvalue weighted by Gasteiger charge is -2.05. The third-order valence-corrected chi connectivity index (χ3v) is 6.61. The van der Waals surface area contributed by atoms with Crippen molar-refractivity contribution in [1.82, 2.24) is 0 Å². The van der Waals surface area contributed by atoms with Crippen LogP contribution in [-0.4, -0.2) is 28.9 Å². The van der Waals surface area contributed by atoms with Crippen LogP contribution in [0.2, 0.25) is 0 Å². The Morgan fingerprint density at radius 1 is 1.00 bits per heavy atom. The van der Waals surface area contributed by atoms with Gasteiger partial charge in [0.05, 0.1) is 4.88 Å². The average molecular weight is 418 g/mol. The Labute approximate surface area is 179 Å². The summed E-state index contributed by atoms with van der Waals surface area (Å²) in [4.78, 5) is 29.0. The third-order valence-electron chi connectivity index (χ3n) is 5.59. The largest absolute Gasteiger partial charge is 0.506 e. The number of hydrogen-bond acceptors (Lipinski definition) is 5. The Morgan fingerprint density at radius 3 is 2.43 bits per heavy atom. The number of Topliss-reactive ketones (excluding diaryl/α,β-unsaturated/α-hetero) is 2. The minimum absolute atomic E-state index is 0.00524. The number of hydrogen-bond donors (Lipinski definition) is 1. The van der Waals surface area contributed by atoms with E-state index in [9.17, 15) is 14.7 Å². The molecule has 0 spiro atoms. The van der Waals surface area contributed by atoms with E-state index >= 15 is 0 Å². The number of aryl methyl sites for hydroxylation is 2. The molecule has 0 aliphatic heterocycles. The predicted octanol–water partition coefficient (Wildman–Crippen LogP) is 5.50. The summed E-state index contributed by atoms with van der Waals surface area (Å²) in [6, 6.07) is 13.0. The molecule has 0 amide bonds. The van der Waals surface area contributed by atoms with Crippen LogP contribution in [0.3, 0.4) is 0 Å². The van der Waals surface area contributed by atoms with E-state index in [2.05, 4.69) is 23.2 Å². The van der Waals surface area contributed by atoms with Crippen LogP contribution < -0.4 is 0 Å². The van der Waals surface area contributed by atoms with Gasteiger partial charge in [-0.1, -0.05) is 36.4 Å². The second-order valence-electron chi connectivity index (χ2n) is 7.62. The standard InChI is InChI=1S/C25H23NO3S/c1-15(26-13-23(28)19-9-6-17(7-10-19)16(2)27)22-14-30-25(24(22)29)21-11-8-18-4-3-5-20(18)12-21/h6-12,14,29H,3-5,13H2,1-2H3. The molecule has 30 heavy (non-hydrogen) atoms. The van der Waals surface area contributed by atoms with Gasteiger partial charge in [-0.15, -0.1) is 11.3 Å². The average Bonchev–Trinajstić information content (AvgIpc) is 3.37. The van der Waals surface area contributed by atoms with Crippen molar-refractivity contribution in [2.24, 2.45) is 4.99 Å². The highest BCUT2D eigenvalue weighted by Gasteiger charge is 2.17. The van der Waals surface area contributed by atoms with E-state index in [4.69, 9.17) is 0 Å². The van der Waals surface area contributed by atoms with Crippen LogP contribution in [0, 0.1) is 0 Å². The Bertz CT molecular complexity index is 1160. The van der Waals surface area contributed by atoms with Gasteiger partial charge in [-0.2, -0.15) is 0 Å². The van der Waals surface area contributed by atoms with Gasteiger partial charge in [-0.05, 0) is 55.9 Å². The van der Waals surface area contributed by atoms with Crippen LogP contribution >= 0.6 is 11.3 Å². The number of benzene rings is 2. The lowest BCUT2D eigenvalue weighted by Crippen LogP contribution is -2.06. The number of ketones is 2. The molecule has 4 nitrogen and oxygen atoms in total. The molecule has 0 unspecified atom stereocenters. The SMILES string of the molecule is CC(=O)c1ccc(C(=O)CN=C(C)c2csc(-c3ccc4c(c3)CCC4)c2O)cc1. The van der Waals surface area contributed by atoms with Crippen LogP contribution in [0.5, 0.6) is 5.75 Å². The highest BCUT2D eigenvalue weighted by Crippen LogP contribution is 2.40. The summed E-state index contributed by atoms with van der Waals surface area (Å²) < 4.78 is 0. The Morgan fingerprint density at radius 2 is 1.70 bits per heavy atom. The molecule has 2 aromatic carbocycles. The van der Waals surface area contributed by atoms with Crippen molar-refractivity contribution in [2.75, 3.05) is 6.54 Å². The zero-order valence-electron chi connectivity index (χ0n) is 17.1. The van der Waals surface area contributed by atoms with Crippen LogP contribution in [0.1, 0.15) is 57.7 Å². The predicted molar refractivity (Wildman–Crippen MR) is 121 cm³/mol. The number of rotatable bonds is 6. The summed E-state index contributed by atoms with van der Waals surface area (Å²) in [6.45, 7) is 3.30. The molecule has 0 bridgehead atoms. The number of aliphatic imine (C=N–C) groups is 1. The smallest absolute Gasteiger partial charge is 0.184 e. The van der Waals surface area contributed by atoms with Gasteiger partial charge in [-0.3, -0.25) is 14.6 Å². The number of nitrogens with zero attached hydrogens (tertiary/aromatic N) is 1. The first kappa shape index (κ1) is 20.2. The second-order valence-corrected chi connectivity index (χ2v) is 8.50. The molecule has 1 aliphatic carbocycles. The van der Waals surface area contributed by atoms with Gasteiger partial charge in [0, 0.05) is 27.8 Å². The fraction of sp³-hybridized carbons (Fsp3) is 0.240. The topological polar surface area (TPSA) is 66.7 Å². The summed E-state index contributed by atoms with van der Waals surface area (Å²) in [6.07, 6.45) is 3.42. The molecule has 0 radical (unpaired) electrons. The Hall–Kier alpha value is -3.05. The number of fused-ring (bicyclic) bond motifs is 1. The molecule has 1 heterocycles. The molecule has 4 rings (SSSR count). The van der Waals surface area contributed by atoms with Crippen molar-refractivity contribution in [3.05, 3.63) is 75.7 Å². The molecule has 0 saturated heterocycles. The number of carbonyl (C=O) groups excluding carboxylic acids is 2. The highest BCUT2D eigenvalue weighted by molar-refractivity contribution is 7.14. The molecule has 152 valence electrons. The van der Waals surface area contributed by atoms with Crippen molar-refractivity contribution in [3.8, 4) is 16.2 Å². The zero-order chi connectivity index (χ0) is 21.3. The third kappa shape index (κ3) is 3.98. The normalized spacial score (nSPS) is 13.3. The first-order valence-corrected chi connectivity index (χ1v) is 10.9. The number of aromatic hydroxyl groups is 1. The summed E-state index contributed by atoms with van der Waals surface area (Å²) in [5.41, 5.74) is 6.19. The van der Waals surface area contributed by atoms with E-state index in [1.54, 1.807) is 31.2 Å². The Kier molecular flexibility index (Phi) is 5.64. The van der Waals surface area contributed by atoms with Crippen LogP contribution in [0.15, 0.2) is 52.8 Å². The first-order valence-electron chi connectivity index (χ1n) is 10.0. The lowest BCUT2D eigenvalue weighted by molar-refractivity contribution is 0.0994. The van der Waals surface area contributed by atoms with E-state index in [-0.39, 0.29) is 23.9 Å². The minimum Gasteiger partial charge on any atom is -0.506 e. The lowest BCUT2D eigenvalue weighted by atomic mass is 10.0. The van der Waals surface area contributed by atoms with Gasteiger partial charge in [0.25, 0.3) is 0 Å². The van der Waals surface area contributed by atoms with Gasteiger partial charge in [0.2, 0.25) is 0 Å². The molecule has 0 saturated carbocycles. The number of carbonyl (C=O) groups is 2. The molecular formula is C25H23NO3S. The summed E-state index contributed by atoms with van der Waals surface area (Å²) in [5, 5.41) is 12.7. The number of thiophene rings is 1. The van der Waals surface area contributed by atoms with Crippen molar-refractivity contribution in [2.45, 2.75) is 33.1 Å². The monoisotopic (exact) mass is 417 g/mol. The maximum absolute atomic E-state index is 12.4. The summed E-state index contributed by atoms with van der Waals surface area (Å²) >= 11 is 1.49. The fourth-order valence-corrected chi connectivity index (χ4v) is 4.79. The van der Waals surface area contributed by atoms with E-state index in [1.807, 2.05) is 5.38 Å². The van der Waals surface area contributed by atoms with E-state index in [0.717, 1.165) is 23.3 Å². The molecule has 0 atom stereocenters. The van der Waals surface area contributed by atoms with E-state index in [0.29, 0.717) is 22.4 Å². The second kappa shape index (κ2) is 8.36. The molecule has 0 fully saturated rings. The quantitative estimate of drug-likeness (QED) is 0.425. The molecule has 1 aromatic heterocycles. The Balaban J connectivity index is 1.51. The van der Waals surface area contributed by atoms with Crippen molar-refractivity contribution >= 4 is 28.6 Å². The maximum atomic E-state index is 12.4. The molecular weight excluding hydrogens is 394 g/mol. The van der Waals surface area contributed by atoms with Gasteiger partial charge in [-0.25, -0.2) is 0 Å². The maximum Gasteiger partial charge on any atom is 0.184 e. The van der Waals surface area contributed by atoms with Gasteiger partial charge in [0.1, 0.15) is 12.3 Å². The highest BCUT2D eigenvalue weighted by atomic mass is 32.1. The van der Waals surface area contributed by atoms with Gasteiger partial charge in [0.15, 0.2) is 11.6 Å². The molecule has 5 heteroatoms. The van der Waals surface area contributed by atoms with Crippen molar-refractivity contribution in [1.29, 1.82) is 0 Å². The van der Waals surface area contributed by atoms with E-state index < -0.39 is 0 Å². The molecule has 1 N–H and O–H groups in total. The summed E-state index contributed by atoms with van der Waals surface area (Å²) in [5.74, 6) is 0.0606. The van der Waals surface area contributed by atoms with Gasteiger partial charge < -0.3 is 5.11 Å². The molecule has 3 aromatic rings. The van der Waals surface area contributed by atoms with Gasteiger partial charge >= 0.3 is 0 Å². The van der Waals surface area contributed by atoms with E-state index in [1.165, 1.54) is 35.8 Å². The zero-order valence-corrected chi connectivity index (χ0v) is 17.9.